The molecule has 2 nitrogen and oxygen atoms in total. The minimum atomic E-state index is 0. The average Bonchev–Trinajstić information content (AvgIpc) is 1.67. The summed E-state index contributed by atoms with van der Waals surface area (Å²) in [5.74, 6) is 0.715. The first-order valence-electron chi connectivity index (χ1n) is 2.93. The van der Waals surface area contributed by atoms with Gasteiger partial charge < -0.3 is 4.90 Å². The number of nitrogens with zero attached hydrogens (tertiary/aromatic N) is 1. The maximum Gasteiger partial charge on any atom is 0.0952 e. The summed E-state index contributed by atoms with van der Waals surface area (Å²) in [4.78, 5) is 1.84. The van der Waals surface area contributed by atoms with Crippen LogP contribution in [0.1, 0.15) is 19.8 Å². The Hall–Kier alpha value is -0.240. The average molecular weight is 151 g/mol. The number of hydrogen-bond acceptors (Lipinski definition) is 1. The number of halogens is 1. The summed E-state index contributed by atoms with van der Waals surface area (Å²) in [7, 11) is 3.80. The van der Waals surface area contributed by atoms with Crippen molar-refractivity contribution in [1.82, 2.24) is 4.90 Å². The van der Waals surface area contributed by atoms with E-state index in [1.807, 2.05) is 19.0 Å². The van der Waals surface area contributed by atoms with Gasteiger partial charge in [-0.1, -0.05) is 6.92 Å². The monoisotopic (exact) mass is 150 g/mol. The van der Waals surface area contributed by atoms with Crippen LogP contribution in [0.25, 0.3) is 0 Å². The standard InChI is InChI=1S/C6H14N2.ClH/c1-4-5-6(7)8(2)3;/h7H,4-5H2,1-3H3;1H. The minimum absolute atomic E-state index is 0. The van der Waals surface area contributed by atoms with Gasteiger partial charge in [0.25, 0.3) is 0 Å². The van der Waals surface area contributed by atoms with Gasteiger partial charge in [-0.05, 0) is 6.42 Å². The third kappa shape index (κ3) is 5.63. The molecule has 0 aliphatic carbocycles. The molecule has 0 saturated carbocycles. The normalized spacial score (nSPS) is 7.89. The summed E-state index contributed by atoms with van der Waals surface area (Å²) in [6.07, 6.45) is 1.96. The van der Waals surface area contributed by atoms with Gasteiger partial charge in [-0.3, -0.25) is 5.41 Å². The van der Waals surface area contributed by atoms with Crippen LogP contribution in [0.4, 0.5) is 0 Å². The molecule has 0 radical (unpaired) electrons. The highest BCUT2D eigenvalue weighted by Crippen LogP contribution is 1.90. The number of rotatable bonds is 2. The molecule has 0 aliphatic heterocycles. The first-order chi connectivity index (χ1) is 3.68. The molecule has 0 aromatic carbocycles. The summed E-state index contributed by atoms with van der Waals surface area (Å²) in [5, 5.41) is 7.27. The lowest BCUT2D eigenvalue weighted by Crippen LogP contribution is -2.19. The van der Waals surface area contributed by atoms with E-state index in [1.165, 1.54) is 0 Å². The van der Waals surface area contributed by atoms with Crippen LogP contribution in [0, 0.1) is 5.41 Å². The fourth-order valence-corrected chi connectivity index (χ4v) is 0.460. The Bertz CT molecular complexity index is 81.1. The molecule has 0 heterocycles. The predicted octanol–water partition coefficient (Wildman–Crippen LogP) is 1.75. The second-order valence-electron chi connectivity index (χ2n) is 2.09. The van der Waals surface area contributed by atoms with Gasteiger partial charge in [0.15, 0.2) is 0 Å². The van der Waals surface area contributed by atoms with Gasteiger partial charge in [0.05, 0.1) is 5.84 Å². The summed E-state index contributed by atoms with van der Waals surface area (Å²) >= 11 is 0. The van der Waals surface area contributed by atoms with E-state index in [9.17, 15) is 0 Å². The van der Waals surface area contributed by atoms with Gasteiger partial charge >= 0.3 is 0 Å². The Kier molecular flexibility index (Phi) is 7.55. The minimum Gasteiger partial charge on any atom is -0.367 e. The molecule has 0 aliphatic rings. The fourth-order valence-electron chi connectivity index (χ4n) is 0.460. The Balaban J connectivity index is 0. The van der Waals surface area contributed by atoms with Gasteiger partial charge in [-0.2, -0.15) is 0 Å². The van der Waals surface area contributed by atoms with E-state index in [1.54, 1.807) is 0 Å². The highest BCUT2D eigenvalue weighted by molar-refractivity contribution is 5.85. The molecule has 0 aromatic heterocycles. The van der Waals surface area contributed by atoms with Crippen molar-refractivity contribution in [1.29, 1.82) is 5.41 Å². The van der Waals surface area contributed by atoms with Gasteiger partial charge in [0, 0.05) is 20.5 Å². The van der Waals surface area contributed by atoms with E-state index in [0.717, 1.165) is 12.8 Å². The topological polar surface area (TPSA) is 27.1 Å². The first kappa shape index (κ1) is 11.5. The van der Waals surface area contributed by atoms with Crippen LogP contribution >= 0.6 is 12.4 Å². The van der Waals surface area contributed by atoms with Crippen LogP contribution in [-0.2, 0) is 0 Å². The molecule has 0 atom stereocenters. The van der Waals surface area contributed by atoms with Crippen LogP contribution in [0.2, 0.25) is 0 Å². The molecule has 1 N–H and O–H groups in total. The van der Waals surface area contributed by atoms with Gasteiger partial charge in [-0.25, -0.2) is 0 Å². The summed E-state index contributed by atoms with van der Waals surface area (Å²) < 4.78 is 0. The Morgan fingerprint density at radius 3 is 2.00 bits per heavy atom. The summed E-state index contributed by atoms with van der Waals surface area (Å²) in [5.41, 5.74) is 0. The van der Waals surface area contributed by atoms with E-state index < -0.39 is 0 Å². The highest BCUT2D eigenvalue weighted by Gasteiger charge is 1.93. The van der Waals surface area contributed by atoms with Gasteiger partial charge in [-0.15, -0.1) is 12.4 Å². The van der Waals surface area contributed by atoms with Crippen molar-refractivity contribution in [3.8, 4) is 0 Å². The third-order valence-corrected chi connectivity index (χ3v) is 1.03. The van der Waals surface area contributed by atoms with E-state index in [-0.39, 0.29) is 12.4 Å². The summed E-state index contributed by atoms with van der Waals surface area (Å²) in [6.45, 7) is 2.08. The first-order valence-corrected chi connectivity index (χ1v) is 2.93. The fraction of sp³-hybridized carbons (Fsp3) is 0.833. The molecule has 56 valence electrons. The number of amidine groups is 1. The van der Waals surface area contributed by atoms with Crippen molar-refractivity contribution in [2.75, 3.05) is 14.1 Å². The number of nitrogens with one attached hydrogen (secondary N) is 1. The lowest BCUT2D eigenvalue weighted by Gasteiger charge is -2.11. The van der Waals surface area contributed by atoms with Crippen molar-refractivity contribution in [2.45, 2.75) is 19.8 Å². The van der Waals surface area contributed by atoms with Crippen LogP contribution in [0.3, 0.4) is 0 Å². The van der Waals surface area contributed by atoms with Crippen molar-refractivity contribution in [2.24, 2.45) is 0 Å². The molecule has 0 aromatic rings. The van der Waals surface area contributed by atoms with Crippen LogP contribution in [-0.4, -0.2) is 24.8 Å². The van der Waals surface area contributed by atoms with Gasteiger partial charge in [0.1, 0.15) is 0 Å². The second kappa shape index (κ2) is 5.89. The molecular formula is C6H15ClN2. The Labute approximate surface area is 63.2 Å². The van der Waals surface area contributed by atoms with Crippen molar-refractivity contribution in [3.63, 3.8) is 0 Å². The van der Waals surface area contributed by atoms with E-state index in [0.29, 0.717) is 5.84 Å². The zero-order chi connectivity index (χ0) is 6.57. The zero-order valence-corrected chi connectivity index (χ0v) is 7.09. The third-order valence-electron chi connectivity index (χ3n) is 1.03. The Morgan fingerprint density at radius 1 is 1.44 bits per heavy atom. The van der Waals surface area contributed by atoms with Gasteiger partial charge in [0.2, 0.25) is 0 Å². The molecular weight excluding hydrogens is 136 g/mol. The maximum atomic E-state index is 7.27. The van der Waals surface area contributed by atoms with Crippen LogP contribution in [0.5, 0.6) is 0 Å². The molecule has 0 rings (SSSR count). The molecule has 0 fully saturated rings. The zero-order valence-electron chi connectivity index (χ0n) is 6.27. The van der Waals surface area contributed by atoms with E-state index in [4.69, 9.17) is 5.41 Å². The van der Waals surface area contributed by atoms with Crippen LogP contribution in [0.15, 0.2) is 0 Å². The lowest BCUT2D eigenvalue weighted by molar-refractivity contribution is 0.595. The number of hydrogen-bond donors (Lipinski definition) is 1. The van der Waals surface area contributed by atoms with Crippen molar-refractivity contribution >= 4 is 18.2 Å². The maximum absolute atomic E-state index is 7.27. The SMILES string of the molecule is CCCC(=N)N(C)C.Cl. The van der Waals surface area contributed by atoms with Crippen LogP contribution < -0.4 is 0 Å². The Morgan fingerprint density at radius 2 is 1.89 bits per heavy atom. The molecule has 3 heteroatoms. The molecule has 0 saturated heterocycles. The predicted molar refractivity (Wildman–Crippen MR) is 43.6 cm³/mol. The smallest absolute Gasteiger partial charge is 0.0952 e. The lowest BCUT2D eigenvalue weighted by atomic mass is 10.3. The molecule has 0 amide bonds. The molecule has 0 bridgehead atoms. The second-order valence-corrected chi connectivity index (χ2v) is 2.09. The van der Waals surface area contributed by atoms with E-state index in [2.05, 4.69) is 6.92 Å². The van der Waals surface area contributed by atoms with Crippen molar-refractivity contribution in [3.05, 3.63) is 0 Å². The van der Waals surface area contributed by atoms with Crippen molar-refractivity contribution < 1.29 is 0 Å². The summed E-state index contributed by atoms with van der Waals surface area (Å²) in [6, 6.07) is 0. The molecule has 9 heavy (non-hydrogen) atoms. The molecule has 0 unspecified atom stereocenters. The highest BCUT2D eigenvalue weighted by atomic mass is 35.5. The molecule has 0 spiro atoms. The largest absolute Gasteiger partial charge is 0.367 e. The van der Waals surface area contributed by atoms with E-state index >= 15 is 0 Å². The quantitative estimate of drug-likeness (QED) is 0.471.